The van der Waals surface area contributed by atoms with Crippen LogP contribution in [0, 0.1) is 158 Å². The number of pyridine rings is 8. The third-order valence-electron chi connectivity index (χ3n) is 31.7. The highest BCUT2D eigenvalue weighted by atomic mass is 127. The predicted molar refractivity (Wildman–Crippen MR) is 529 cm³/mol. The second kappa shape index (κ2) is 41.4. The van der Waals surface area contributed by atoms with Crippen molar-refractivity contribution in [3.63, 3.8) is 0 Å². The fourth-order valence-corrected chi connectivity index (χ4v) is 24.8. The normalized spacial score (nSPS) is 25.0. The number of rotatable bonds is 20. The summed E-state index contributed by atoms with van der Waals surface area (Å²) in [4.78, 5) is 87.2. The zero-order valence-corrected chi connectivity index (χ0v) is 80.4. The Morgan fingerprint density at radius 1 is 0.341 bits per heavy atom. The molecule has 12 aromatic rings. The van der Waals surface area contributed by atoms with Gasteiger partial charge in [0.2, 0.25) is 0 Å². The van der Waals surface area contributed by atoms with Crippen molar-refractivity contribution in [1.29, 1.82) is 0 Å². The van der Waals surface area contributed by atoms with Crippen LogP contribution in [0.1, 0.15) is 244 Å². The lowest BCUT2D eigenvalue weighted by Gasteiger charge is -2.21. The van der Waals surface area contributed by atoms with Gasteiger partial charge in [-0.3, -0.25) is 59.0 Å². The number of benzene rings is 4. The first-order valence-corrected chi connectivity index (χ1v) is 49.6. The van der Waals surface area contributed by atoms with Crippen LogP contribution in [0.4, 0.5) is 17.6 Å². The standard InChI is InChI=1S/2C31H33FN2O2.C28H27FN2O.C26H26FIN2O/c2*1-19(30(35)17-26-6-4-20(18-34-26)8-10-31(2,3)36)21-12-22-14-24(15-23(22)13-21)27-9-11-33-29-7-5-25(32)16-28(27)29;1-3-18-4-6-24(31-16-18)15-28(32)17(2)19-10-20-12-22(13-21(20)11-19)25-8-9-30-27-7-5-23(29)14-26(25)27;1-15(26(31)13-22-4-3-21(28)14-30-22)16-8-17-10-19(11-18(17)9-16)23-6-7-29-25-5-2-20(27)12-24(23)25/h2*4-7,9,11,16,18-19,21-24,36H,12-15,17H2,1-3H3;1,4-9,14,16-17,19-22H,10-13,15H2,2H3;2-7,12,14-19H,8-11,13H2,1H3/t2*19?,21?,22-,23+,24?;17?,19?,20-,21+,22?;15?,16?,17-,18+,19?. The molecule has 8 aliphatic carbocycles. The Morgan fingerprint density at radius 3 is 0.793 bits per heavy atom. The second-order valence-electron chi connectivity index (χ2n) is 41.5. The average molecular weight is 1920 g/mol. The molecule has 19 heteroatoms. The molecule has 12 unspecified atom stereocenters. The highest BCUT2D eigenvalue weighted by molar-refractivity contribution is 14.1. The van der Waals surface area contributed by atoms with Gasteiger partial charge in [0.05, 0.1) is 22.1 Å². The van der Waals surface area contributed by atoms with Crippen molar-refractivity contribution in [2.45, 2.75) is 219 Å². The van der Waals surface area contributed by atoms with Crippen LogP contribution in [0.2, 0.25) is 0 Å². The molecule has 8 aliphatic rings. The molecule has 4 aromatic carbocycles. The number of carbonyl (C=O) groups is 4. The van der Waals surface area contributed by atoms with Crippen molar-refractivity contribution in [3.05, 3.63) is 284 Å². The van der Waals surface area contributed by atoms with Crippen molar-refractivity contribution >= 4 is 89.3 Å². The molecule has 0 aliphatic heterocycles. The van der Waals surface area contributed by atoms with E-state index in [4.69, 9.17) is 6.42 Å². The molecule has 2 N–H and O–H groups in total. The lowest BCUT2D eigenvalue weighted by molar-refractivity contribution is -0.124. The number of hydrogen-bond acceptors (Lipinski definition) is 14. The summed E-state index contributed by atoms with van der Waals surface area (Å²) in [5, 5.41) is 23.3. The van der Waals surface area contributed by atoms with Crippen LogP contribution in [-0.2, 0) is 44.9 Å². The van der Waals surface area contributed by atoms with Gasteiger partial charge in [-0.2, -0.15) is 0 Å². The summed E-state index contributed by atoms with van der Waals surface area (Å²) in [6.07, 6.45) is 38.8. The monoisotopic (exact) mass is 1920 g/mol. The Balaban J connectivity index is 0.000000125. The Kier molecular flexibility index (Phi) is 29.3. The van der Waals surface area contributed by atoms with Gasteiger partial charge in [0.15, 0.2) is 0 Å². The van der Waals surface area contributed by atoms with E-state index in [0.717, 1.165) is 189 Å². The number of halogens is 5. The van der Waals surface area contributed by atoms with Crippen molar-refractivity contribution in [2.75, 3.05) is 0 Å². The van der Waals surface area contributed by atoms with Crippen molar-refractivity contribution in [3.8, 4) is 36.0 Å². The van der Waals surface area contributed by atoms with Crippen molar-refractivity contribution < 1.29 is 47.0 Å². The van der Waals surface area contributed by atoms with Crippen LogP contribution >= 0.6 is 22.6 Å². The number of carbonyl (C=O) groups excluding carboxylic acids is 4. The fraction of sp³-hybridized carbons (Fsp3) is 0.431. The average Bonchev–Trinajstić information content (AvgIpc) is 1.65. The first-order valence-electron chi connectivity index (χ1n) is 48.5. The smallest absolute Gasteiger partial charge is 0.141 e. The number of fused-ring (bicyclic) bond motifs is 8. The maximum absolute atomic E-state index is 13.9. The van der Waals surface area contributed by atoms with E-state index in [0.29, 0.717) is 126 Å². The van der Waals surface area contributed by atoms with Crippen LogP contribution < -0.4 is 0 Å². The third kappa shape index (κ3) is 23.1. The van der Waals surface area contributed by atoms with Gasteiger partial charge in [0, 0.05) is 164 Å². The summed E-state index contributed by atoms with van der Waals surface area (Å²) in [6.45, 7) is 14.9. The maximum Gasteiger partial charge on any atom is 0.141 e. The number of nitrogens with zero attached hydrogens (tertiary/aromatic N) is 8. The highest BCUT2D eigenvalue weighted by Gasteiger charge is 2.49. The number of aromatic nitrogens is 8. The Morgan fingerprint density at radius 2 is 0.578 bits per heavy atom. The molecule has 20 rings (SSSR count). The van der Waals surface area contributed by atoms with Crippen molar-refractivity contribution in [1.82, 2.24) is 39.9 Å². The molecule has 694 valence electrons. The Labute approximate surface area is 803 Å². The number of Topliss-reactive ketones (excluding diaryl/α,β-unsaturated/α-hetero) is 4. The minimum absolute atomic E-state index is 0.0151. The molecule has 0 radical (unpaired) electrons. The molecular weight excluding hydrogens is 1800 g/mol. The number of ketones is 4. The van der Waals surface area contributed by atoms with Gasteiger partial charge in [-0.15, -0.1) is 6.42 Å². The Hall–Kier alpha value is -11.2. The third-order valence-corrected chi connectivity index (χ3v) is 32.3. The van der Waals surface area contributed by atoms with Crippen LogP contribution in [0.25, 0.3) is 43.6 Å². The molecule has 135 heavy (non-hydrogen) atoms. The summed E-state index contributed by atoms with van der Waals surface area (Å²) in [5.41, 5.74) is 11.6. The molecule has 0 saturated heterocycles. The SMILES string of the molecule is C#Cc1ccc(CC(=O)C(C)C2C[C@H]3CC(c4ccnc5ccc(F)cc45)C[C@H]3C2)nc1.CC(C(=O)Cc1ccc(C#CC(C)(C)O)cn1)C1C[C@H]2CC(c3ccnc4ccc(F)cc34)C[C@H]2C1.CC(C(=O)Cc1ccc(C#CC(C)(C)O)cn1)C1C[C@H]2CC(c3ccnc4ccc(F)cc34)C[C@H]2C1.CC(C(=O)Cc1ccc(I)cn1)C1C[C@H]2CC(c3ccnc4ccc(F)cc34)C[C@H]2C1. The van der Waals surface area contributed by atoms with Crippen LogP contribution in [0.15, 0.2) is 195 Å². The first kappa shape index (κ1) is 95.6. The van der Waals surface area contributed by atoms with Gasteiger partial charge in [0.1, 0.15) is 57.6 Å². The Bertz CT molecular complexity index is 6290. The van der Waals surface area contributed by atoms with E-state index in [1.165, 1.54) is 46.5 Å². The quantitative estimate of drug-likeness (QED) is 0.0413. The highest BCUT2D eigenvalue weighted by Crippen LogP contribution is 2.59. The van der Waals surface area contributed by atoms with Crippen molar-refractivity contribution in [2.24, 2.45) is 94.7 Å². The van der Waals surface area contributed by atoms with Gasteiger partial charge in [0.25, 0.3) is 0 Å². The molecule has 20 atom stereocenters. The topological polar surface area (TPSA) is 212 Å². The maximum atomic E-state index is 13.9. The van der Waals surface area contributed by atoms with Gasteiger partial charge in [-0.25, -0.2) is 17.6 Å². The molecule has 8 saturated carbocycles. The van der Waals surface area contributed by atoms with E-state index in [1.807, 2.05) is 79.5 Å². The lowest BCUT2D eigenvalue weighted by atomic mass is 9.83. The molecule has 8 fully saturated rings. The zero-order chi connectivity index (χ0) is 94.7. The largest absolute Gasteiger partial charge is 0.378 e. The zero-order valence-electron chi connectivity index (χ0n) is 78.2. The number of terminal acetylenes is 1. The molecule has 8 aromatic heterocycles. The van der Waals surface area contributed by atoms with Crippen LogP contribution in [0.5, 0.6) is 0 Å². The van der Waals surface area contributed by atoms with Gasteiger partial charge >= 0.3 is 0 Å². The molecule has 8 heterocycles. The van der Waals surface area contributed by atoms with E-state index in [-0.39, 0.29) is 64.3 Å². The number of hydrogen-bond donors (Lipinski definition) is 2. The lowest BCUT2D eigenvalue weighted by Crippen LogP contribution is -2.22. The summed E-state index contributed by atoms with van der Waals surface area (Å²) in [6, 6.07) is 42.8. The second-order valence-corrected chi connectivity index (χ2v) is 42.7. The van der Waals surface area contributed by atoms with Crippen LogP contribution in [0.3, 0.4) is 0 Å². The molecule has 0 bridgehead atoms. The van der Waals surface area contributed by atoms with Crippen LogP contribution in [-0.4, -0.2) is 84.4 Å². The van der Waals surface area contributed by atoms with E-state index < -0.39 is 11.2 Å². The molecule has 0 spiro atoms. The molecule has 0 amide bonds. The predicted octanol–water partition coefficient (Wildman–Crippen LogP) is 23.8. The number of aliphatic hydroxyl groups is 2. The fourth-order valence-electron chi connectivity index (χ4n) is 24.5. The summed E-state index contributed by atoms with van der Waals surface area (Å²) >= 11 is 2.23. The van der Waals surface area contributed by atoms with E-state index in [1.54, 1.807) is 94.8 Å². The summed E-state index contributed by atoms with van der Waals surface area (Å²) in [5.74, 6) is 23.0. The first-order chi connectivity index (χ1) is 64.8. The van der Waals surface area contributed by atoms with Gasteiger partial charge in [-0.1, -0.05) is 57.3 Å². The minimum Gasteiger partial charge on any atom is -0.378 e. The molecular formula is C116H119F4IN8O6. The summed E-state index contributed by atoms with van der Waals surface area (Å²) in [7, 11) is 0. The van der Waals surface area contributed by atoms with Gasteiger partial charge in [-0.05, 0) is 416 Å². The summed E-state index contributed by atoms with van der Waals surface area (Å²) < 4.78 is 56.7. The van der Waals surface area contributed by atoms with E-state index in [2.05, 4.69) is 144 Å². The van der Waals surface area contributed by atoms with Gasteiger partial charge < -0.3 is 10.2 Å². The minimum atomic E-state index is -1.05. The van der Waals surface area contributed by atoms with E-state index in [9.17, 15) is 47.0 Å². The van der Waals surface area contributed by atoms with E-state index >= 15 is 0 Å². The molecule has 14 nitrogen and oxygen atoms in total.